The highest BCUT2D eigenvalue weighted by Gasteiger charge is 2.36. The number of aromatic nitrogens is 4. The van der Waals surface area contributed by atoms with Crippen molar-refractivity contribution in [2.45, 2.75) is 58.0 Å². The average molecular weight is 426 g/mol. The number of fused-ring (bicyclic) bond motifs is 1. The lowest BCUT2D eigenvalue weighted by Crippen LogP contribution is -2.37. The molecule has 5 nitrogen and oxygen atoms in total. The van der Waals surface area contributed by atoms with Gasteiger partial charge in [-0.05, 0) is 44.4 Å². The van der Waals surface area contributed by atoms with Crippen molar-refractivity contribution in [1.82, 2.24) is 20.0 Å². The number of hydrogen-bond donors (Lipinski definition) is 2. The Morgan fingerprint density at radius 3 is 2.47 bits per heavy atom. The molecule has 4 aromatic rings. The number of benzene rings is 2. The summed E-state index contributed by atoms with van der Waals surface area (Å²) < 4.78 is 2.11. The molecule has 2 aromatic heterocycles. The second kappa shape index (κ2) is 7.37. The van der Waals surface area contributed by atoms with Gasteiger partial charge in [0.2, 0.25) is 0 Å². The summed E-state index contributed by atoms with van der Waals surface area (Å²) >= 11 is 0. The fourth-order valence-corrected chi connectivity index (χ4v) is 4.73. The Morgan fingerprint density at radius 2 is 1.75 bits per heavy atom. The van der Waals surface area contributed by atoms with Crippen molar-refractivity contribution in [3.05, 3.63) is 89.2 Å². The number of anilines is 1. The molecular formula is C27H31N5. The fraction of sp³-hybridized carbons (Fsp3) is 0.333. The second-order valence-electron chi connectivity index (χ2n) is 10.1. The number of hydrogen-bond acceptors (Lipinski definition) is 3. The van der Waals surface area contributed by atoms with E-state index in [4.69, 9.17) is 10.2 Å². The van der Waals surface area contributed by atoms with Crippen molar-refractivity contribution in [3.8, 4) is 11.3 Å². The Labute approximate surface area is 189 Å². The summed E-state index contributed by atoms with van der Waals surface area (Å²) in [5.41, 5.74) is 6.58. The summed E-state index contributed by atoms with van der Waals surface area (Å²) in [4.78, 5) is 0. The van der Waals surface area contributed by atoms with Crippen LogP contribution in [-0.4, -0.2) is 20.0 Å². The molecule has 0 amide bonds. The van der Waals surface area contributed by atoms with E-state index in [1.54, 1.807) is 0 Å². The summed E-state index contributed by atoms with van der Waals surface area (Å²) in [5.74, 6) is 1.03. The minimum absolute atomic E-state index is 0.0976. The van der Waals surface area contributed by atoms with Gasteiger partial charge in [-0.3, -0.25) is 5.10 Å². The zero-order valence-corrected chi connectivity index (χ0v) is 19.5. The van der Waals surface area contributed by atoms with Gasteiger partial charge in [0.1, 0.15) is 5.82 Å². The zero-order valence-electron chi connectivity index (χ0n) is 19.5. The van der Waals surface area contributed by atoms with Gasteiger partial charge >= 0.3 is 0 Å². The van der Waals surface area contributed by atoms with Gasteiger partial charge in [-0.1, -0.05) is 74.0 Å². The van der Waals surface area contributed by atoms with Gasteiger partial charge < -0.3 is 5.32 Å². The van der Waals surface area contributed by atoms with Crippen molar-refractivity contribution < 1.29 is 0 Å². The Kier molecular flexibility index (Phi) is 4.73. The molecule has 0 saturated carbocycles. The first-order valence-corrected chi connectivity index (χ1v) is 11.3. The van der Waals surface area contributed by atoms with Gasteiger partial charge in [0.15, 0.2) is 0 Å². The molecule has 1 atom stereocenters. The van der Waals surface area contributed by atoms with Gasteiger partial charge in [-0.2, -0.15) is 10.2 Å². The number of H-pyrrole nitrogens is 1. The van der Waals surface area contributed by atoms with Crippen molar-refractivity contribution >= 4 is 5.82 Å². The molecule has 5 heteroatoms. The molecule has 0 aliphatic carbocycles. The molecule has 0 saturated heterocycles. The molecule has 0 spiro atoms. The maximum absolute atomic E-state index is 4.75. The Hall–Kier alpha value is -3.34. The number of aryl methyl sites for hydroxylation is 1. The van der Waals surface area contributed by atoms with Crippen LogP contribution in [0.2, 0.25) is 0 Å². The zero-order chi connectivity index (χ0) is 22.5. The number of aromatic amines is 1. The van der Waals surface area contributed by atoms with Crippen molar-refractivity contribution in [2.75, 3.05) is 5.32 Å². The molecule has 0 radical (unpaired) electrons. The van der Waals surface area contributed by atoms with Crippen LogP contribution < -0.4 is 5.32 Å². The molecule has 164 valence electrons. The largest absolute Gasteiger partial charge is 0.363 e. The third-order valence-electron chi connectivity index (χ3n) is 6.86. The fourth-order valence-electron chi connectivity index (χ4n) is 4.73. The minimum atomic E-state index is -0.175. The Bertz CT molecular complexity index is 1230. The van der Waals surface area contributed by atoms with Crippen LogP contribution in [0, 0.1) is 6.92 Å². The Balaban J connectivity index is 1.51. The van der Waals surface area contributed by atoms with E-state index < -0.39 is 0 Å². The smallest absolute Gasteiger partial charge is 0.134 e. The van der Waals surface area contributed by atoms with Crippen LogP contribution >= 0.6 is 0 Å². The molecule has 32 heavy (non-hydrogen) atoms. The van der Waals surface area contributed by atoms with E-state index >= 15 is 0 Å². The molecule has 0 fully saturated rings. The van der Waals surface area contributed by atoms with Crippen LogP contribution in [0.1, 0.15) is 62.5 Å². The molecule has 1 aliphatic heterocycles. The van der Waals surface area contributed by atoms with E-state index in [1.807, 2.05) is 6.20 Å². The SMILES string of the molecule is Cc1ccc(C(C)(C)c2cc(-c3cnn4c3NC(c3ccccc3)CC4(C)C)n[nH]2)cc1. The van der Waals surface area contributed by atoms with Crippen molar-refractivity contribution in [3.63, 3.8) is 0 Å². The van der Waals surface area contributed by atoms with E-state index in [1.165, 1.54) is 16.7 Å². The van der Waals surface area contributed by atoms with Gasteiger partial charge in [0, 0.05) is 11.1 Å². The predicted octanol–water partition coefficient (Wildman–Crippen LogP) is 6.20. The second-order valence-corrected chi connectivity index (χ2v) is 10.1. The highest BCUT2D eigenvalue weighted by atomic mass is 15.4. The first kappa shape index (κ1) is 20.6. The summed E-state index contributed by atoms with van der Waals surface area (Å²) in [7, 11) is 0. The van der Waals surface area contributed by atoms with Crippen LogP contribution in [0.4, 0.5) is 5.82 Å². The maximum Gasteiger partial charge on any atom is 0.134 e. The Morgan fingerprint density at radius 1 is 1.03 bits per heavy atom. The van der Waals surface area contributed by atoms with Crippen LogP contribution in [-0.2, 0) is 11.0 Å². The molecule has 5 rings (SSSR count). The predicted molar refractivity (Wildman–Crippen MR) is 130 cm³/mol. The summed E-state index contributed by atoms with van der Waals surface area (Å²) in [6.45, 7) is 11.1. The minimum Gasteiger partial charge on any atom is -0.363 e. The highest BCUT2D eigenvalue weighted by molar-refractivity contribution is 5.74. The van der Waals surface area contributed by atoms with E-state index in [9.17, 15) is 0 Å². The highest BCUT2D eigenvalue weighted by Crippen LogP contribution is 2.43. The topological polar surface area (TPSA) is 58.5 Å². The monoisotopic (exact) mass is 425 g/mol. The lowest BCUT2D eigenvalue weighted by Gasteiger charge is -2.38. The third-order valence-corrected chi connectivity index (χ3v) is 6.86. The first-order valence-electron chi connectivity index (χ1n) is 11.3. The normalized spacial score (nSPS) is 17.6. The molecule has 3 heterocycles. The molecule has 2 N–H and O–H groups in total. The van der Waals surface area contributed by atoms with Crippen LogP contribution in [0.5, 0.6) is 0 Å². The summed E-state index contributed by atoms with van der Waals surface area (Å²) in [6, 6.07) is 21.8. The lowest BCUT2D eigenvalue weighted by molar-refractivity contribution is 0.263. The van der Waals surface area contributed by atoms with Crippen LogP contribution in [0.25, 0.3) is 11.3 Å². The van der Waals surface area contributed by atoms with Gasteiger partial charge in [0.25, 0.3) is 0 Å². The number of nitrogens with zero attached hydrogens (tertiary/aromatic N) is 3. The van der Waals surface area contributed by atoms with E-state index in [0.29, 0.717) is 0 Å². The summed E-state index contributed by atoms with van der Waals surface area (Å²) in [6.07, 6.45) is 2.91. The lowest BCUT2D eigenvalue weighted by atomic mass is 9.81. The molecule has 0 bridgehead atoms. The van der Waals surface area contributed by atoms with Gasteiger partial charge in [-0.15, -0.1) is 0 Å². The third kappa shape index (κ3) is 3.42. The van der Waals surface area contributed by atoms with E-state index in [2.05, 4.69) is 110 Å². The van der Waals surface area contributed by atoms with Gasteiger partial charge in [-0.25, -0.2) is 4.68 Å². The average Bonchev–Trinajstić information content (AvgIpc) is 3.42. The maximum atomic E-state index is 4.75. The molecule has 1 aliphatic rings. The first-order chi connectivity index (χ1) is 15.3. The van der Waals surface area contributed by atoms with Crippen LogP contribution in [0.3, 0.4) is 0 Å². The van der Waals surface area contributed by atoms with Crippen LogP contribution in [0.15, 0.2) is 66.9 Å². The van der Waals surface area contributed by atoms with E-state index in [0.717, 1.165) is 29.2 Å². The molecular weight excluding hydrogens is 394 g/mol. The van der Waals surface area contributed by atoms with Gasteiger partial charge in [0.05, 0.1) is 29.0 Å². The number of nitrogens with one attached hydrogen (secondary N) is 2. The van der Waals surface area contributed by atoms with Crippen molar-refractivity contribution in [2.24, 2.45) is 0 Å². The molecule has 1 unspecified atom stereocenters. The standard InChI is InChI=1S/C27H31N5/c1-18-11-13-20(14-12-18)27(4,5)24-15-22(30-31-24)21-17-28-32-25(21)29-23(16-26(32,2)3)19-9-7-6-8-10-19/h6-15,17,23,29H,16H2,1-5H3,(H,30,31). The number of rotatable bonds is 4. The van der Waals surface area contributed by atoms with Crippen molar-refractivity contribution in [1.29, 1.82) is 0 Å². The summed E-state index contributed by atoms with van der Waals surface area (Å²) in [5, 5.41) is 16.5. The molecule has 2 aromatic carbocycles. The van der Waals surface area contributed by atoms with E-state index in [-0.39, 0.29) is 17.0 Å². The quantitative estimate of drug-likeness (QED) is 0.409.